The molecule has 0 saturated heterocycles. The van der Waals surface area contributed by atoms with E-state index >= 15 is 0 Å². The summed E-state index contributed by atoms with van der Waals surface area (Å²) in [6.45, 7) is 3.68. The normalized spacial score (nSPS) is 10.7. The minimum absolute atomic E-state index is 0.887. The number of rotatable bonds is 8. The van der Waals surface area contributed by atoms with Gasteiger partial charge < -0.3 is 0 Å². The Morgan fingerprint density at radius 1 is 0.917 bits per heavy atom. The highest BCUT2D eigenvalue weighted by molar-refractivity contribution is 4.70. The molecule has 0 atom stereocenters. The third kappa shape index (κ3) is 9.28. The summed E-state index contributed by atoms with van der Waals surface area (Å²) in [5.74, 6) is 0. The fourth-order valence-electron chi connectivity index (χ4n) is 1.15. The number of unbranched alkanes of at least 4 members (excludes halogenated alkanes) is 6. The molecule has 0 heterocycles. The van der Waals surface area contributed by atoms with E-state index in [1.807, 2.05) is 6.08 Å². The molecule has 0 fully saturated rings. The van der Waals surface area contributed by atoms with E-state index in [4.69, 9.17) is 0 Å². The molecule has 0 saturated carbocycles. The summed E-state index contributed by atoms with van der Waals surface area (Å²) in [7, 11) is 0. The predicted molar refractivity (Wildman–Crippen MR) is 52.3 cm³/mol. The van der Waals surface area contributed by atoms with Crippen LogP contribution in [0.4, 0.5) is 0 Å². The van der Waals surface area contributed by atoms with E-state index in [0.717, 1.165) is 25.5 Å². The minimum Gasteiger partial charge on any atom is -0.299 e. The van der Waals surface area contributed by atoms with Gasteiger partial charge in [-0.1, -0.05) is 25.3 Å². The summed E-state index contributed by atoms with van der Waals surface area (Å²) < 4.78 is 0. The average molecular weight is 167 g/mol. The van der Waals surface area contributed by atoms with Crippen molar-refractivity contribution in [3.8, 4) is 0 Å². The first-order chi connectivity index (χ1) is 5.91. The van der Waals surface area contributed by atoms with Crippen LogP contribution in [-0.4, -0.2) is 0 Å². The van der Waals surface area contributed by atoms with E-state index in [1.165, 1.54) is 25.7 Å². The number of hydrogen-bond donors (Lipinski definition) is 0. The average Bonchev–Trinajstić information content (AvgIpc) is 2.10. The van der Waals surface area contributed by atoms with Crippen LogP contribution in [-0.2, 0) is 5.11 Å². The fourth-order valence-corrected chi connectivity index (χ4v) is 1.15. The summed E-state index contributed by atoms with van der Waals surface area (Å²) in [5.41, 5.74) is 0. The van der Waals surface area contributed by atoms with Crippen molar-refractivity contribution in [1.29, 1.82) is 0 Å². The van der Waals surface area contributed by atoms with Gasteiger partial charge in [-0.3, -0.25) is 5.11 Å². The summed E-state index contributed by atoms with van der Waals surface area (Å²) in [6.07, 6.45) is 12.9. The largest absolute Gasteiger partial charge is 0.299 e. The van der Waals surface area contributed by atoms with Crippen molar-refractivity contribution in [2.24, 2.45) is 0 Å². The molecule has 0 N–H and O–H groups in total. The molecule has 1 radical (unpaired) electrons. The van der Waals surface area contributed by atoms with Crippen molar-refractivity contribution in [3.63, 3.8) is 0 Å². The quantitative estimate of drug-likeness (QED) is 0.297. The van der Waals surface area contributed by atoms with Gasteiger partial charge >= 0.3 is 0 Å². The van der Waals surface area contributed by atoms with Gasteiger partial charge in [0.05, 0.1) is 0 Å². The van der Waals surface area contributed by atoms with Crippen LogP contribution >= 0.6 is 0 Å². The Kier molecular flexibility index (Phi) is 9.66. The minimum atomic E-state index is 0.887. The molecule has 1 heteroatoms. The van der Waals surface area contributed by atoms with Gasteiger partial charge in [-0.15, -0.1) is 6.58 Å². The standard InChI is InChI=1S/C11H19O/c1-2-3-4-5-6-7-8-9-10-11-12/h2,10-11H,1,3-9H2/b11-10+. The maximum atomic E-state index is 9.91. The van der Waals surface area contributed by atoms with E-state index in [9.17, 15) is 5.11 Å². The van der Waals surface area contributed by atoms with E-state index in [1.54, 1.807) is 6.08 Å². The van der Waals surface area contributed by atoms with Crippen molar-refractivity contribution in [2.45, 2.75) is 44.9 Å². The first kappa shape index (κ1) is 11.3. The molecule has 0 amide bonds. The SMILES string of the molecule is C=CCCCCCCC/C=C/[O]. The second-order valence-corrected chi connectivity index (χ2v) is 3.01. The Morgan fingerprint density at radius 3 is 2.08 bits per heavy atom. The molecule has 0 aromatic heterocycles. The molecule has 1 nitrogen and oxygen atoms in total. The second kappa shape index (κ2) is 10.3. The van der Waals surface area contributed by atoms with Gasteiger partial charge in [-0.05, 0) is 31.8 Å². The Morgan fingerprint density at radius 2 is 1.50 bits per heavy atom. The monoisotopic (exact) mass is 167 g/mol. The molecule has 0 aromatic rings. The maximum Gasteiger partial charge on any atom is 0.138 e. The Balaban J connectivity index is 2.86. The van der Waals surface area contributed by atoms with Crippen LogP contribution in [0.2, 0.25) is 0 Å². The van der Waals surface area contributed by atoms with E-state index < -0.39 is 0 Å². The number of hydrogen-bond acceptors (Lipinski definition) is 0. The van der Waals surface area contributed by atoms with Crippen LogP contribution in [0.1, 0.15) is 44.9 Å². The van der Waals surface area contributed by atoms with Gasteiger partial charge in [0.1, 0.15) is 6.26 Å². The summed E-state index contributed by atoms with van der Waals surface area (Å²) in [6, 6.07) is 0. The lowest BCUT2D eigenvalue weighted by Gasteiger charge is -1.97. The van der Waals surface area contributed by atoms with Gasteiger partial charge in [0, 0.05) is 0 Å². The Bertz CT molecular complexity index is 116. The van der Waals surface area contributed by atoms with Gasteiger partial charge in [0.15, 0.2) is 0 Å². The van der Waals surface area contributed by atoms with Crippen molar-refractivity contribution >= 4 is 0 Å². The first-order valence-corrected chi connectivity index (χ1v) is 4.79. The van der Waals surface area contributed by atoms with E-state index in [2.05, 4.69) is 6.58 Å². The van der Waals surface area contributed by atoms with Crippen molar-refractivity contribution in [3.05, 3.63) is 25.0 Å². The molecule has 0 aliphatic rings. The fraction of sp³-hybridized carbons (Fsp3) is 0.636. The molecule has 0 aliphatic carbocycles. The van der Waals surface area contributed by atoms with Crippen molar-refractivity contribution in [2.75, 3.05) is 0 Å². The van der Waals surface area contributed by atoms with E-state index in [-0.39, 0.29) is 0 Å². The second-order valence-electron chi connectivity index (χ2n) is 3.01. The van der Waals surface area contributed by atoms with Gasteiger partial charge in [0.2, 0.25) is 0 Å². The zero-order valence-corrected chi connectivity index (χ0v) is 7.80. The zero-order chi connectivity index (χ0) is 9.07. The highest BCUT2D eigenvalue weighted by Gasteiger charge is 1.88. The van der Waals surface area contributed by atoms with Crippen LogP contribution in [0.15, 0.2) is 25.0 Å². The molecule has 12 heavy (non-hydrogen) atoms. The summed E-state index contributed by atoms with van der Waals surface area (Å²) in [5, 5.41) is 9.91. The zero-order valence-electron chi connectivity index (χ0n) is 7.80. The van der Waals surface area contributed by atoms with Crippen molar-refractivity contribution in [1.82, 2.24) is 0 Å². The van der Waals surface area contributed by atoms with Gasteiger partial charge in [0.25, 0.3) is 0 Å². The molecule has 0 aromatic carbocycles. The smallest absolute Gasteiger partial charge is 0.138 e. The molecular formula is C11H19O. The third-order valence-electron chi connectivity index (χ3n) is 1.88. The van der Waals surface area contributed by atoms with Crippen LogP contribution in [0.25, 0.3) is 0 Å². The molecule has 0 rings (SSSR count). The summed E-state index contributed by atoms with van der Waals surface area (Å²) >= 11 is 0. The maximum absolute atomic E-state index is 9.91. The Hall–Kier alpha value is -0.720. The first-order valence-electron chi connectivity index (χ1n) is 4.79. The van der Waals surface area contributed by atoms with Crippen LogP contribution in [0, 0.1) is 0 Å². The number of allylic oxidation sites excluding steroid dienone is 2. The third-order valence-corrected chi connectivity index (χ3v) is 1.88. The highest BCUT2D eigenvalue weighted by Crippen LogP contribution is 2.07. The molecule has 0 unspecified atom stereocenters. The Labute approximate surface area is 75.8 Å². The molecular weight excluding hydrogens is 148 g/mol. The lowest BCUT2D eigenvalue weighted by atomic mass is 10.1. The predicted octanol–water partition coefficient (Wildman–Crippen LogP) is 3.85. The van der Waals surface area contributed by atoms with Crippen LogP contribution in [0.3, 0.4) is 0 Å². The topological polar surface area (TPSA) is 19.9 Å². The summed E-state index contributed by atoms with van der Waals surface area (Å²) in [4.78, 5) is 0. The van der Waals surface area contributed by atoms with Crippen molar-refractivity contribution < 1.29 is 5.11 Å². The lowest BCUT2D eigenvalue weighted by Crippen LogP contribution is -1.77. The molecule has 69 valence electrons. The molecule has 0 spiro atoms. The van der Waals surface area contributed by atoms with Gasteiger partial charge in [-0.2, -0.15) is 0 Å². The highest BCUT2D eigenvalue weighted by atomic mass is 16.2. The molecule has 0 bridgehead atoms. The van der Waals surface area contributed by atoms with E-state index in [0.29, 0.717) is 0 Å². The lowest BCUT2D eigenvalue weighted by molar-refractivity contribution is 0.349. The van der Waals surface area contributed by atoms with Crippen LogP contribution in [0.5, 0.6) is 0 Å². The van der Waals surface area contributed by atoms with Crippen LogP contribution < -0.4 is 0 Å². The molecule has 0 aliphatic heterocycles. The van der Waals surface area contributed by atoms with Gasteiger partial charge in [-0.25, -0.2) is 0 Å².